The van der Waals surface area contributed by atoms with Crippen molar-refractivity contribution < 1.29 is 23.1 Å². The van der Waals surface area contributed by atoms with Crippen molar-refractivity contribution in [1.29, 1.82) is 0 Å². The fraction of sp³-hybridized carbons (Fsp3) is 0.130. The third kappa shape index (κ3) is 2.92. The maximum atomic E-state index is 14.6. The van der Waals surface area contributed by atoms with Crippen molar-refractivity contribution in [2.24, 2.45) is 0 Å². The van der Waals surface area contributed by atoms with E-state index in [0.29, 0.717) is 33.9 Å². The van der Waals surface area contributed by atoms with Crippen LogP contribution in [0.5, 0.6) is 5.75 Å². The van der Waals surface area contributed by atoms with Gasteiger partial charge in [0.1, 0.15) is 16.3 Å². The number of fused-ring (bicyclic) bond motifs is 2. The molecule has 0 amide bonds. The number of aldehydes is 1. The highest BCUT2D eigenvalue weighted by Crippen LogP contribution is 2.46. The predicted octanol–water partition coefficient (Wildman–Crippen LogP) is 5.99. The average molecular weight is 473 g/mol. The van der Waals surface area contributed by atoms with Gasteiger partial charge in [-0.25, -0.2) is 8.78 Å². The summed E-state index contributed by atoms with van der Waals surface area (Å²) >= 11 is 3.12. The first-order chi connectivity index (χ1) is 14.3. The summed E-state index contributed by atoms with van der Waals surface area (Å²) < 4.78 is 34.7. The van der Waals surface area contributed by atoms with E-state index in [-0.39, 0.29) is 33.4 Å². The lowest BCUT2D eigenvalue weighted by Gasteiger charge is -2.20. The van der Waals surface area contributed by atoms with Crippen LogP contribution in [0.25, 0.3) is 33.4 Å². The molecular formula is C23H15BrF2O4. The van der Waals surface area contributed by atoms with E-state index in [9.17, 15) is 23.5 Å². The Hall–Kier alpha value is -3.06. The molecule has 0 saturated heterocycles. The highest BCUT2D eigenvalue weighted by Gasteiger charge is 2.27. The highest BCUT2D eigenvalue weighted by molar-refractivity contribution is 9.10. The Balaban J connectivity index is 2.30. The van der Waals surface area contributed by atoms with E-state index in [2.05, 4.69) is 15.9 Å². The van der Waals surface area contributed by atoms with Gasteiger partial charge in [-0.15, -0.1) is 0 Å². The lowest BCUT2D eigenvalue weighted by molar-refractivity contribution is 0.112. The molecule has 0 atom stereocenters. The van der Waals surface area contributed by atoms with Gasteiger partial charge in [0, 0.05) is 27.6 Å². The van der Waals surface area contributed by atoms with E-state index >= 15 is 0 Å². The fourth-order valence-corrected chi connectivity index (χ4v) is 4.24. The molecule has 2 aliphatic rings. The second-order valence-corrected chi connectivity index (χ2v) is 7.76. The summed E-state index contributed by atoms with van der Waals surface area (Å²) in [6, 6.07) is 7.13. The molecule has 7 heteroatoms. The van der Waals surface area contributed by atoms with Crippen LogP contribution in [0.4, 0.5) is 8.78 Å². The van der Waals surface area contributed by atoms with Crippen molar-refractivity contribution >= 4 is 33.2 Å². The summed E-state index contributed by atoms with van der Waals surface area (Å²) in [5.74, 6) is -2.27. The number of carbonyl (C=O) groups is 1. The molecule has 0 unspecified atom stereocenters. The molecule has 0 bridgehead atoms. The van der Waals surface area contributed by atoms with Crippen LogP contribution >= 0.6 is 15.9 Å². The first-order valence-electron chi connectivity index (χ1n) is 9.13. The van der Waals surface area contributed by atoms with Gasteiger partial charge in [0.15, 0.2) is 23.1 Å². The van der Waals surface area contributed by atoms with Gasteiger partial charge in [0.05, 0.1) is 0 Å². The number of phenols is 1. The predicted molar refractivity (Wildman–Crippen MR) is 113 cm³/mol. The number of rotatable bonds is 3. The minimum Gasteiger partial charge on any atom is -0.505 e. The van der Waals surface area contributed by atoms with E-state index < -0.39 is 22.8 Å². The van der Waals surface area contributed by atoms with Crippen molar-refractivity contribution in [1.82, 2.24) is 0 Å². The number of benzene rings is 3. The minimum absolute atomic E-state index is 0.0865. The highest BCUT2D eigenvalue weighted by atomic mass is 79.9. The topological polar surface area (TPSA) is 67.5 Å². The molecule has 2 aromatic rings. The van der Waals surface area contributed by atoms with Gasteiger partial charge in [-0.3, -0.25) is 9.59 Å². The quantitative estimate of drug-likeness (QED) is 0.293. The average Bonchev–Trinajstić information content (AvgIpc) is 2.73. The van der Waals surface area contributed by atoms with Crippen LogP contribution in [0, 0.1) is 18.6 Å². The Kier molecular flexibility index (Phi) is 4.94. The first kappa shape index (κ1) is 20.2. The standard InChI is InChI=1S/C23H15BrF2O4/c1-3-12-20(28)16(25)7-14-18(13-5-4-11(9-27)6-10(13)2)15-8-17(26)21(29)19(24)23(15)30-22(12)14/h4-9,28H,3H2,1-2H3. The zero-order chi connectivity index (χ0) is 21.7. The number of carbonyl (C=O) groups excluding carboxylic acids is 1. The SMILES string of the molecule is CCc1c(O)c(F)cc2c(-c3ccc(C=O)cc3C)c3cc(F)c(=O)c(Br)c-3oc12. The lowest BCUT2D eigenvalue weighted by Crippen LogP contribution is -2.10. The van der Waals surface area contributed by atoms with Crippen LogP contribution in [-0.4, -0.2) is 11.4 Å². The summed E-state index contributed by atoms with van der Waals surface area (Å²) in [5.41, 5.74) is 2.04. The zero-order valence-electron chi connectivity index (χ0n) is 16.0. The molecule has 1 aliphatic carbocycles. The Morgan fingerprint density at radius 2 is 1.87 bits per heavy atom. The molecule has 2 aromatic carbocycles. The number of phenolic OH excluding ortho intramolecular Hbond substituents is 1. The maximum Gasteiger partial charge on any atom is 0.232 e. The molecule has 0 aromatic heterocycles. The number of hydrogen-bond acceptors (Lipinski definition) is 4. The summed E-state index contributed by atoms with van der Waals surface area (Å²) in [7, 11) is 0. The maximum absolute atomic E-state index is 14.6. The third-order valence-electron chi connectivity index (χ3n) is 5.19. The number of aromatic hydroxyl groups is 1. The van der Waals surface area contributed by atoms with E-state index in [1.54, 1.807) is 32.0 Å². The van der Waals surface area contributed by atoms with E-state index in [0.717, 1.165) is 12.1 Å². The third-order valence-corrected chi connectivity index (χ3v) is 5.91. The fourth-order valence-electron chi connectivity index (χ4n) is 3.75. The molecule has 1 aliphatic heterocycles. The van der Waals surface area contributed by atoms with Crippen molar-refractivity contribution in [3.05, 3.63) is 73.4 Å². The molecule has 152 valence electrons. The zero-order valence-corrected chi connectivity index (χ0v) is 17.6. The second kappa shape index (κ2) is 7.32. The van der Waals surface area contributed by atoms with Gasteiger partial charge >= 0.3 is 0 Å². The molecule has 0 fully saturated rings. The molecular weight excluding hydrogens is 458 g/mol. The van der Waals surface area contributed by atoms with Gasteiger partial charge < -0.3 is 9.52 Å². The summed E-state index contributed by atoms with van der Waals surface area (Å²) in [4.78, 5) is 23.3. The van der Waals surface area contributed by atoms with Gasteiger partial charge in [-0.05, 0) is 58.6 Å². The molecule has 0 saturated carbocycles. The Morgan fingerprint density at radius 3 is 2.50 bits per heavy atom. The van der Waals surface area contributed by atoms with Crippen molar-refractivity contribution in [3.8, 4) is 28.2 Å². The van der Waals surface area contributed by atoms with E-state index in [4.69, 9.17) is 4.42 Å². The number of aryl methyl sites for hydroxylation is 2. The van der Waals surface area contributed by atoms with Crippen LogP contribution in [-0.2, 0) is 6.42 Å². The largest absolute Gasteiger partial charge is 0.505 e. The molecule has 1 heterocycles. The number of hydrogen-bond donors (Lipinski definition) is 1. The first-order valence-corrected chi connectivity index (χ1v) is 9.92. The molecule has 1 N–H and O–H groups in total. The summed E-state index contributed by atoms with van der Waals surface area (Å²) in [6.45, 7) is 3.51. The van der Waals surface area contributed by atoms with Crippen molar-refractivity contribution in [2.45, 2.75) is 20.3 Å². The second-order valence-electron chi connectivity index (χ2n) is 6.96. The molecule has 4 rings (SSSR count). The monoisotopic (exact) mass is 472 g/mol. The molecule has 0 spiro atoms. The van der Waals surface area contributed by atoms with Crippen LogP contribution < -0.4 is 5.43 Å². The Labute approximate surface area is 178 Å². The minimum atomic E-state index is -0.984. The lowest BCUT2D eigenvalue weighted by atomic mass is 9.89. The van der Waals surface area contributed by atoms with Crippen LogP contribution in [0.2, 0.25) is 0 Å². The Bertz CT molecular complexity index is 1370. The summed E-state index contributed by atoms with van der Waals surface area (Å²) in [6.07, 6.45) is 0.973. The van der Waals surface area contributed by atoms with Crippen molar-refractivity contribution in [2.75, 3.05) is 0 Å². The van der Waals surface area contributed by atoms with Crippen LogP contribution in [0.3, 0.4) is 0 Å². The van der Waals surface area contributed by atoms with Gasteiger partial charge in [-0.2, -0.15) is 0 Å². The molecule has 4 nitrogen and oxygen atoms in total. The normalized spacial score (nSPS) is 11.4. The molecule has 0 radical (unpaired) electrons. The number of halogens is 3. The Morgan fingerprint density at radius 1 is 1.13 bits per heavy atom. The van der Waals surface area contributed by atoms with E-state index in [1.165, 1.54) is 0 Å². The van der Waals surface area contributed by atoms with Gasteiger partial charge in [0.2, 0.25) is 5.43 Å². The molecule has 30 heavy (non-hydrogen) atoms. The summed E-state index contributed by atoms with van der Waals surface area (Å²) in [5, 5.41) is 10.5. The smallest absolute Gasteiger partial charge is 0.232 e. The van der Waals surface area contributed by atoms with Crippen LogP contribution in [0.15, 0.2) is 44.0 Å². The van der Waals surface area contributed by atoms with Crippen LogP contribution in [0.1, 0.15) is 28.4 Å². The van der Waals surface area contributed by atoms with Gasteiger partial charge in [-0.1, -0.05) is 19.1 Å². The van der Waals surface area contributed by atoms with Gasteiger partial charge in [0.25, 0.3) is 0 Å². The van der Waals surface area contributed by atoms with Crippen molar-refractivity contribution in [3.63, 3.8) is 0 Å². The van der Waals surface area contributed by atoms with E-state index in [1.807, 2.05) is 0 Å².